The van der Waals surface area contributed by atoms with Crippen LogP contribution in [0.5, 0.6) is 0 Å². The summed E-state index contributed by atoms with van der Waals surface area (Å²) < 4.78 is 7.22. The summed E-state index contributed by atoms with van der Waals surface area (Å²) in [5.74, 6) is -0.707. The number of rotatable bonds is 5. The van der Waals surface area contributed by atoms with Gasteiger partial charge in [0.1, 0.15) is 4.53 Å². The molecule has 0 saturated heterocycles. The van der Waals surface area contributed by atoms with E-state index in [-0.39, 0.29) is 18.1 Å². The number of esters is 1. The average Bonchev–Trinajstić information content (AvgIpc) is 3.35. The lowest BCUT2D eigenvalue weighted by atomic mass is 9.96. The number of allylic oxidation sites excluding steroid dienone is 1. The number of likely N-dealkylation sites (N-methyl/N-ethyl adjacent to an activating group) is 1. The van der Waals surface area contributed by atoms with Crippen LogP contribution in [0.1, 0.15) is 37.9 Å². The third-order valence-electron chi connectivity index (χ3n) is 6.39. The Labute approximate surface area is 216 Å². The molecule has 3 aromatic rings. The van der Waals surface area contributed by atoms with E-state index in [1.165, 1.54) is 15.9 Å². The summed E-state index contributed by atoms with van der Waals surface area (Å²) >= 11 is 2.80. The number of thioether (sulfide) groups is 1. The first-order valence-electron chi connectivity index (χ1n) is 11.7. The number of ether oxygens (including phenoxy) is 1. The number of para-hydroxylation sites is 1. The molecule has 2 aromatic carbocycles. The fraction of sp³-hybridized carbons (Fsp3) is 0.259. The van der Waals surface area contributed by atoms with E-state index < -0.39 is 12.0 Å². The fourth-order valence-electron chi connectivity index (χ4n) is 4.76. The minimum Gasteiger partial charge on any atom is -0.463 e. The molecule has 2 aliphatic heterocycles. The van der Waals surface area contributed by atoms with Gasteiger partial charge in [0.15, 0.2) is 4.80 Å². The van der Waals surface area contributed by atoms with Crippen LogP contribution in [0.15, 0.2) is 74.5 Å². The number of carbonyl (C=O) groups excluding carboxylic acids is 2. The van der Waals surface area contributed by atoms with Crippen LogP contribution in [0.25, 0.3) is 5.57 Å². The molecule has 0 unspecified atom stereocenters. The summed E-state index contributed by atoms with van der Waals surface area (Å²) in [4.78, 5) is 48.4. The highest BCUT2D eigenvalue weighted by Gasteiger charge is 2.36. The maximum Gasteiger partial charge on any atom is 0.338 e. The molecule has 0 radical (unpaired) electrons. The van der Waals surface area contributed by atoms with Crippen molar-refractivity contribution < 1.29 is 14.3 Å². The maximum atomic E-state index is 14.0. The highest BCUT2D eigenvalue weighted by Crippen LogP contribution is 2.35. The Hall–Kier alpha value is -3.43. The molecule has 1 atom stereocenters. The molecule has 0 N–H and O–H groups in total. The molecular formula is C27H25N3O4S2. The van der Waals surface area contributed by atoms with E-state index in [4.69, 9.17) is 4.74 Å². The van der Waals surface area contributed by atoms with Gasteiger partial charge in [0, 0.05) is 17.0 Å². The number of hydrogen-bond acceptors (Lipinski definition) is 7. The van der Waals surface area contributed by atoms with Crippen LogP contribution >= 0.6 is 23.1 Å². The number of benzene rings is 2. The van der Waals surface area contributed by atoms with Crippen LogP contribution in [0.3, 0.4) is 0 Å². The molecule has 0 saturated carbocycles. The van der Waals surface area contributed by atoms with E-state index in [1.54, 1.807) is 30.5 Å². The van der Waals surface area contributed by atoms with Crippen LogP contribution in [0.2, 0.25) is 0 Å². The lowest BCUT2D eigenvalue weighted by Crippen LogP contribution is -2.41. The molecule has 5 rings (SSSR count). The Morgan fingerprint density at radius 2 is 1.83 bits per heavy atom. The van der Waals surface area contributed by atoms with E-state index in [2.05, 4.69) is 4.99 Å². The Kier molecular flexibility index (Phi) is 6.44. The first-order valence-corrected chi connectivity index (χ1v) is 13.7. The predicted molar refractivity (Wildman–Crippen MR) is 142 cm³/mol. The molecule has 9 heteroatoms. The number of fused-ring (bicyclic) bond motifs is 2. The Balaban J connectivity index is 1.81. The number of amides is 1. The maximum absolute atomic E-state index is 14.0. The smallest absolute Gasteiger partial charge is 0.338 e. The molecule has 36 heavy (non-hydrogen) atoms. The van der Waals surface area contributed by atoms with Crippen LogP contribution in [0, 0.1) is 0 Å². The summed E-state index contributed by atoms with van der Waals surface area (Å²) in [5.41, 5.74) is 3.16. The van der Waals surface area contributed by atoms with Crippen molar-refractivity contribution in [3.63, 3.8) is 0 Å². The van der Waals surface area contributed by atoms with Crippen LogP contribution in [-0.2, 0) is 14.3 Å². The van der Waals surface area contributed by atoms with E-state index in [9.17, 15) is 14.4 Å². The van der Waals surface area contributed by atoms with Gasteiger partial charge in [0.2, 0.25) is 0 Å². The largest absolute Gasteiger partial charge is 0.463 e. The molecule has 0 fully saturated rings. The molecule has 0 spiro atoms. The van der Waals surface area contributed by atoms with E-state index in [0.29, 0.717) is 32.7 Å². The second kappa shape index (κ2) is 9.55. The molecular weight excluding hydrogens is 494 g/mol. The van der Waals surface area contributed by atoms with Crippen molar-refractivity contribution in [2.24, 2.45) is 4.99 Å². The minimum absolute atomic E-state index is 0.203. The third-order valence-corrected chi connectivity index (χ3v) is 8.19. The van der Waals surface area contributed by atoms with Crippen molar-refractivity contribution in [1.29, 1.82) is 0 Å². The Morgan fingerprint density at radius 1 is 1.11 bits per heavy atom. The second-order valence-electron chi connectivity index (χ2n) is 8.34. The first-order chi connectivity index (χ1) is 17.4. The van der Waals surface area contributed by atoms with Gasteiger partial charge in [0.05, 0.1) is 35.2 Å². The van der Waals surface area contributed by atoms with Gasteiger partial charge in [0.25, 0.3) is 11.5 Å². The number of hydrogen-bond donors (Lipinski definition) is 0. The van der Waals surface area contributed by atoms with Crippen LogP contribution in [0.4, 0.5) is 5.69 Å². The zero-order chi connectivity index (χ0) is 25.6. The van der Waals surface area contributed by atoms with Crippen molar-refractivity contribution in [3.05, 3.63) is 90.6 Å². The number of carbonyl (C=O) groups is 2. The number of anilines is 1. The topological polar surface area (TPSA) is 81.0 Å². The summed E-state index contributed by atoms with van der Waals surface area (Å²) in [6, 6.07) is 14.6. The van der Waals surface area contributed by atoms with Crippen molar-refractivity contribution in [2.75, 3.05) is 24.3 Å². The fourth-order valence-corrected chi connectivity index (χ4v) is 6.30. The second-order valence-corrected chi connectivity index (χ2v) is 10.2. The summed E-state index contributed by atoms with van der Waals surface area (Å²) in [6.45, 7) is 6.11. The van der Waals surface area contributed by atoms with Gasteiger partial charge >= 0.3 is 5.97 Å². The predicted octanol–water partition coefficient (Wildman–Crippen LogP) is 3.26. The zero-order valence-electron chi connectivity index (χ0n) is 20.4. The van der Waals surface area contributed by atoms with Crippen LogP contribution in [-0.4, -0.2) is 35.9 Å². The monoisotopic (exact) mass is 519 g/mol. The highest BCUT2D eigenvalue weighted by atomic mass is 32.2. The van der Waals surface area contributed by atoms with Gasteiger partial charge in [-0.25, -0.2) is 9.79 Å². The standard InChI is InChI=1S/C27H25N3O4S2/c1-5-29-19-10-8-7-9-18(19)21(24(29)31)23-25(32)30-22(16-11-13-17(35-4)14-12-16)20(26(33)34-6-2)15(3)28-27(30)36-23/h7-14,22H,5-6H2,1-4H3/b23-21-/t22-/m0/s1. The molecule has 3 heterocycles. The van der Waals surface area contributed by atoms with E-state index in [0.717, 1.165) is 21.7 Å². The molecule has 1 amide bonds. The SMILES string of the molecule is CCOC(=O)C1=C(C)N=c2s/c(=C3\C(=O)N(CC)c4ccccc43)c(=O)n2[C@H]1c1ccc(SC)cc1. The molecule has 0 bridgehead atoms. The Bertz CT molecular complexity index is 1600. The lowest BCUT2D eigenvalue weighted by Gasteiger charge is -2.24. The molecule has 1 aromatic heterocycles. The van der Waals surface area contributed by atoms with Crippen molar-refractivity contribution >= 4 is 46.2 Å². The first kappa shape index (κ1) is 24.3. The summed E-state index contributed by atoms with van der Waals surface area (Å²) in [7, 11) is 0. The number of aromatic nitrogens is 1. The summed E-state index contributed by atoms with van der Waals surface area (Å²) in [6.07, 6.45) is 1.99. The Morgan fingerprint density at radius 3 is 2.50 bits per heavy atom. The summed E-state index contributed by atoms with van der Waals surface area (Å²) in [5, 5.41) is 0. The highest BCUT2D eigenvalue weighted by molar-refractivity contribution is 7.98. The average molecular weight is 520 g/mol. The quantitative estimate of drug-likeness (QED) is 0.382. The van der Waals surface area contributed by atoms with Gasteiger partial charge in [-0.1, -0.05) is 41.7 Å². The molecule has 2 aliphatic rings. The number of nitrogens with zero attached hydrogens (tertiary/aromatic N) is 3. The van der Waals surface area contributed by atoms with E-state index in [1.807, 2.05) is 61.7 Å². The van der Waals surface area contributed by atoms with Crippen molar-refractivity contribution in [3.8, 4) is 0 Å². The van der Waals surface area contributed by atoms with Crippen molar-refractivity contribution in [1.82, 2.24) is 4.57 Å². The normalized spacial score (nSPS) is 18.2. The lowest BCUT2D eigenvalue weighted by molar-refractivity contribution is -0.139. The van der Waals surface area contributed by atoms with Gasteiger partial charge in [-0.3, -0.25) is 14.2 Å². The minimum atomic E-state index is -0.709. The van der Waals surface area contributed by atoms with Crippen molar-refractivity contribution in [2.45, 2.75) is 31.7 Å². The van der Waals surface area contributed by atoms with Gasteiger partial charge in [-0.2, -0.15) is 0 Å². The van der Waals surface area contributed by atoms with E-state index >= 15 is 0 Å². The molecule has 7 nitrogen and oxygen atoms in total. The molecule has 184 valence electrons. The van der Waals surface area contributed by atoms with Gasteiger partial charge < -0.3 is 9.64 Å². The van der Waals surface area contributed by atoms with Gasteiger partial charge in [-0.05, 0) is 50.8 Å². The van der Waals surface area contributed by atoms with Gasteiger partial charge in [-0.15, -0.1) is 11.8 Å². The molecule has 0 aliphatic carbocycles. The zero-order valence-corrected chi connectivity index (χ0v) is 22.0. The van der Waals surface area contributed by atoms with Crippen LogP contribution < -0.4 is 19.8 Å². The number of thiazole rings is 1. The third kappa shape index (κ3) is 3.74.